The summed E-state index contributed by atoms with van der Waals surface area (Å²) in [5, 5.41) is 2.65. The van der Waals surface area contributed by atoms with E-state index in [1.54, 1.807) is 31.2 Å². The summed E-state index contributed by atoms with van der Waals surface area (Å²) in [6.45, 7) is 1.64. The first-order valence-electron chi connectivity index (χ1n) is 10.4. The lowest BCUT2D eigenvalue weighted by molar-refractivity contribution is -0.137. The standard InChI is InChI=1S/C24H20F3N3O4S2/c1-14-8-10-16(36(32,33)30(2)19-6-4-5-7-20(19)34-3)13-17(14)22(31)29-23-28-18-11-9-15(24(25,26)27)12-21(18)35-23/h4-13H,1-3H3,(H,28,29,31). The summed E-state index contributed by atoms with van der Waals surface area (Å²) >= 11 is 0.889. The number of aromatic nitrogens is 1. The molecule has 4 rings (SSSR count). The Morgan fingerprint density at radius 1 is 1.08 bits per heavy atom. The summed E-state index contributed by atoms with van der Waals surface area (Å²) in [4.78, 5) is 17.1. The van der Waals surface area contributed by atoms with E-state index in [1.165, 1.54) is 38.4 Å². The van der Waals surface area contributed by atoms with Gasteiger partial charge in [0.1, 0.15) is 5.75 Å². The zero-order valence-corrected chi connectivity index (χ0v) is 20.9. The Balaban J connectivity index is 1.64. The number of methoxy groups -OCH3 is 1. The minimum absolute atomic E-state index is 0.0831. The van der Waals surface area contributed by atoms with Crippen LogP contribution in [0.4, 0.5) is 24.0 Å². The number of alkyl halides is 3. The molecule has 188 valence electrons. The van der Waals surface area contributed by atoms with Gasteiger partial charge in [0, 0.05) is 12.6 Å². The Labute approximate surface area is 209 Å². The highest BCUT2D eigenvalue weighted by molar-refractivity contribution is 7.92. The molecule has 0 unspecified atom stereocenters. The van der Waals surface area contributed by atoms with Gasteiger partial charge < -0.3 is 4.74 Å². The van der Waals surface area contributed by atoms with Crippen molar-refractivity contribution in [3.8, 4) is 5.75 Å². The maximum atomic E-state index is 13.3. The average Bonchev–Trinajstić information content (AvgIpc) is 3.24. The summed E-state index contributed by atoms with van der Waals surface area (Å²) < 4.78 is 72.2. The Morgan fingerprint density at radius 2 is 1.81 bits per heavy atom. The van der Waals surface area contributed by atoms with Gasteiger partial charge in [0.05, 0.1) is 33.5 Å². The number of nitrogens with one attached hydrogen (secondary N) is 1. The molecule has 1 N–H and O–H groups in total. The van der Waals surface area contributed by atoms with Crippen molar-refractivity contribution in [3.05, 3.63) is 77.4 Å². The SMILES string of the molecule is COc1ccccc1N(C)S(=O)(=O)c1ccc(C)c(C(=O)Nc2nc3ccc(C(F)(F)F)cc3s2)c1. The summed E-state index contributed by atoms with van der Waals surface area (Å²) in [6.07, 6.45) is -4.50. The van der Waals surface area contributed by atoms with Crippen LogP contribution in [-0.2, 0) is 16.2 Å². The van der Waals surface area contributed by atoms with Crippen LogP contribution >= 0.6 is 11.3 Å². The third-order valence-corrected chi connectivity index (χ3v) is 8.17. The Kier molecular flexibility index (Phi) is 6.67. The molecule has 0 radical (unpaired) electrons. The molecule has 0 saturated heterocycles. The van der Waals surface area contributed by atoms with E-state index < -0.39 is 27.7 Å². The lowest BCUT2D eigenvalue weighted by Crippen LogP contribution is -2.27. The van der Waals surface area contributed by atoms with E-state index in [9.17, 15) is 26.4 Å². The predicted molar refractivity (Wildman–Crippen MR) is 132 cm³/mol. The van der Waals surface area contributed by atoms with Crippen LogP contribution < -0.4 is 14.4 Å². The molecule has 0 aliphatic rings. The van der Waals surface area contributed by atoms with Crippen LogP contribution in [0.3, 0.4) is 0 Å². The number of hydrogen-bond donors (Lipinski definition) is 1. The molecule has 1 aromatic heterocycles. The summed E-state index contributed by atoms with van der Waals surface area (Å²) in [5.74, 6) is -0.280. The molecular weight excluding hydrogens is 515 g/mol. The third-order valence-electron chi connectivity index (χ3n) is 5.47. The van der Waals surface area contributed by atoms with E-state index in [2.05, 4.69) is 10.3 Å². The normalized spacial score (nSPS) is 11.9. The number of halogens is 3. The number of hydrogen-bond acceptors (Lipinski definition) is 6. The molecule has 7 nitrogen and oxygen atoms in total. The smallest absolute Gasteiger partial charge is 0.416 e. The molecule has 4 aromatic rings. The number of thiazole rings is 1. The van der Waals surface area contributed by atoms with E-state index in [0.29, 0.717) is 22.5 Å². The number of ether oxygens (including phenoxy) is 1. The Morgan fingerprint density at radius 3 is 2.50 bits per heavy atom. The van der Waals surface area contributed by atoms with Crippen LogP contribution in [-0.4, -0.2) is 33.5 Å². The molecule has 0 saturated carbocycles. The minimum Gasteiger partial charge on any atom is -0.495 e. The number of carbonyl (C=O) groups excluding carboxylic acids is 1. The molecule has 36 heavy (non-hydrogen) atoms. The van der Waals surface area contributed by atoms with Crippen molar-refractivity contribution in [1.29, 1.82) is 0 Å². The van der Waals surface area contributed by atoms with Crippen molar-refractivity contribution in [3.63, 3.8) is 0 Å². The number of aryl methyl sites for hydroxylation is 1. The lowest BCUT2D eigenvalue weighted by atomic mass is 10.1. The second-order valence-electron chi connectivity index (χ2n) is 7.77. The zero-order valence-electron chi connectivity index (χ0n) is 19.3. The molecule has 0 aliphatic carbocycles. The Hall–Kier alpha value is -3.64. The van der Waals surface area contributed by atoms with Gasteiger partial charge in [-0.2, -0.15) is 13.2 Å². The number of rotatable bonds is 6. The highest BCUT2D eigenvalue weighted by Crippen LogP contribution is 2.35. The zero-order chi connectivity index (χ0) is 26.3. The highest BCUT2D eigenvalue weighted by atomic mass is 32.2. The summed E-state index contributed by atoms with van der Waals surface area (Å²) in [7, 11) is -1.25. The third kappa shape index (κ3) is 4.86. The van der Waals surface area contributed by atoms with Crippen LogP contribution in [0, 0.1) is 6.92 Å². The van der Waals surface area contributed by atoms with Crippen molar-refractivity contribution < 1.29 is 31.1 Å². The number of nitrogens with zero attached hydrogens (tertiary/aromatic N) is 2. The fourth-order valence-electron chi connectivity index (χ4n) is 3.50. The van der Waals surface area contributed by atoms with Crippen LogP contribution in [0.2, 0.25) is 0 Å². The number of para-hydroxylation sites is 2. The van der Waals surface area contributed by atoms with Gasteiger partial charge in [0.15, 0.2) is 5.13 Å². The lowest BCUT2D eigenvalue weighted by Gasteiger charge is -2.22. The second-order valence-corrected chi connectivity index (χ2v) is 10.8. The van der Waals surface area contributed by atoms with Gasteiger partial charge in [-0.15, -0.1) is 0 Å². The van der Waals surface area contributed by atoms with Gasteiger partial charge in [-0.3, -0.25) is 14.4 Å². The fraction of sp³-hybridized carbons (Fsp3) is 0.167. The second kappa shape index (κ2) is 9.43. The van der Waals surface area contributed by atoms with Crippen molar-refractivity contribution in [2.75, 3.05) is 23.8 Å². The van der Waals surface area contributed by atoms with E-state index in [1.807, 2.05) is 0 Å². The first-order valence-corrected chi connectivity index (χ1v) is 12.7. The number of amides is 1. The molecule has 3 aromatic carbocycles. The Bertz CT molecular complexity index is 1570. The molecule has 0 fully saturated rings. The number of anilines is 2. The van der Waals surface area contributed by atoms with Gasteiger partial charge >= 0.3 is 6.18 Å². The van der Waals surface area contributed by atoms with Crippen LogP contribution in [0.15, 0.2) is 65.6 Å². The molecule has 1 heterocycles. The monoisotopic (exact) mass is 535 g/mol. The van der Waals surface area contributed by atoms with Crippen molar-refractivity contribution in [1.82, 2.24) is 4.98 Å². The number of carbonyl (C=O) groups is 1. The van der Waals surface area contributed by atoms with Gasteiger partial charge in [-0.1, -0.05) is 29.5 Å². The van der Waals surface area contributed by atoms with Crippen molar-refractivity contribution >= 4 is 48.3 Å². The maximum absolute atomic E-state index is 13.3. The van der Waals surface area contributed by atoms with Gasteiger partial charge in [0.2, 0.25) is 0 Å². The fourth-order valence-corrected chi connectivity index (χ4v) is 5.64. The van der Waals surface area contributed by atoms with Gasteiger partial charge in [-0.05, 0) is 55.0 Å². The predicted octanol–water partition coefficient (Wildman–Crippen LogP) is 5.71. The van der Waals surface area contributed by atoms with Crippen LogP contribution in [0.5, 0.6) is 5.75 Å². The van der Waals surface area contributed by atoms with Crippen LogP contribution in [0.1, 0.15) is 21.5 Å². The molecule has 1 amide bonds. The van der Waals surface area contributed by atoms with E-state index in [4.69, 9.17) is 4.74 Å². The molecule has 0 aliphatic heterocycles. The molecular formula is C24H20F3N3O4S2. The van der Waals surface area contributed by atoms with E-state index in [-0.39, 0.29) is 20.3 Å². The first kappa shape index (κ1) is 25.5. The van der Waals surface area contributed by atoms with Crippen molar-refractivity contribution in [2.24, 2.45) is 0 Å². The van der Waals surface area contributed by atoms with Crippen molar-refractivity contribution in [2.45, 2.75) is 18.0 Å². The van der Waals surface area contributed by atoms with Crippen LogP contribution in [0.25, 0.3) is 10.2 Å². The van der Waals surface area contributed by atoms with E-state index >= 15 is 0 Å². The maximum Gasteiger partial charge on any atom is 0.416 e. The molecule has 0 spiro atoms. The van der Waals surface area contributed by atoms with Gasteiger partial charge in [-0.25, -0.2) is 13.4 Å². The highest BCUT2D eigenvalue weighted by Gasteiger charge is 2.31. The number of benzene rings is 3. The number of fused-ring (bicyclic) bond motifs is 1. The first-order chi connectivity index (χ1) is 16.9. The van der Waals surface area contributed by atoms with Gasteiger partial charge in [0.25, 0.3) is 15.9 Å². The molecule has 0 atom stereocenters. The number of sulfonamides is 1. The molecule has 0 bridgehead atoms. The average molecular weight is 536 g/mol. The molecule has 12 heteroatoms. The topological polar surface area (TPSA) is 88.6 Å². The summed E-state index contributed by atoms with van der Waals surface area (Å²) in [6, 6.07) is 13.9. The summed E-state index contributed by atoms with van der Waals surface area (Å²) in [5.41, 5.74) is 0.394. The minimum atomic E-state index is -4.50. The van der Waals surface area contributed by atoms with E-state index in [0.717, 1.165) is 27.8 Å². The quantitative estimate of drug-likeness (QED) is 0.342. The largest absolute Gasteiger partial charge is 0.495 e.